The molecule has 1 aromatic heterocycles. The second kappa shape index (κ2) is 8.30. The van der Waals surface area contributed by atoms with E-state index in [9.17, 15) is 19.7 Å². The Bertz CT molecular complexity index is 874. The zero-order valence-electron chi connectivity index (χ0n) is 13.9. The minimum Gasteiger partial charge on any atom is -0.449 e. The Labute approximate surface area is 153 Å². The van der Waals surface area contributed by atoms with Gasteiger partial charge in [0.2, 0.25) is 0 Å². The van der Waals surface area contributed by atoms with Crippen LogP contribution < -0.4 is 5.32 Å². The summed E-state index contributed by atoms with van der Waals surface area (Å²) < 4.78 is 9.85. The Morgan fingerprint density at radius 3 is 2.73 bits per heavy atom. The maximum absolute atomic E-state index is 12.1. The number of carbonyl (C=O) groups is 2. The molecule has 0 aliphatic rings. The van der Waals surface area contributed by atoms with E-state index < -0.39 is 28.8 Å². The van der Waals surface area contributed by atoms with Crippen molar-refractivity contribution >= 4 is 41.1 Å². The van der Waals surface area contributed by atoms with Gasteiger partial charge in [-0.25, -0.2) is 4.79 Å². The summed E-state index contributed by atoms with van der Waals surface area (Å²) in [6.45, 7) is 3.17. The van der Waals surface area contributed by atoms with E-state index in [4.69, 9.17) is 20.8 Å². The molecule has 0 saturated carbocycles. The van der Waals surface area contributed by atoms with Crippen molar-refractivity contribution in [2.75, 3.05) is 5.32 Å². The fourth-order valence-electron chi connectivity index (χ4n) is 1.92. The third-order valence-electron chi connectivity index (χ3n) is 3.36. The zero-order chi connectivity index (χ0) is 19.3. The highest BCUT2D eigenvalue weighted by atomic mass is 35.5. The summed E-state index contributed by atoms with van der Waals surface area (Å²) in [5.74, 6) is -1.65. The van der Waals surface area contributed by atoms with Gasteiger partial charge in [-0.15, -0.1) is 0 Å². The Balaban J connectivity index is 1.93. The highest BCUT2D eigenvalue weighted by Gasteiger charge is 2.18. The molecule has 0 bridgehead atoms. The fourth-order valence-corrected chi connectivity index (χ4v) is 2.10. The number of rotatable bonds is 6. The summed E-state index contributed by atoms with van der Waals surface area (Å²) in [4.78, 5) is 33.7. The van der Waals surface area contributed by atoms with Gasteiger partial charge in [0.15, 0.2) is 6.10 Å². The number of halogens is 1. The van der Waals surface area contributed by atoms with Gasteiger partial charge in [0, 0.05) is 16.8 Å². The van der Waals surface area contributed by atoms with E-state index >= 15 is 0 Å². The van der Waals surface area contributed by atoms with E-state index in [1.807, 2.05) is 0 Å². The molecule has 0 unspecified atom stereocenters. The molecule has 1 N–H and O–H groups in total. The van der Waals surface area contributed by atoms with E-state index in [2.05, 4.69) is 5.32 Å². The summed E-state index contributed by atoms with van der Waals surface area (Å²) in [7, 11) is 0. The lowest BCUT2D eigenvalue weighted by molar-refractivity contribution is -0.402. The number of hydrogen-bond acceptors (Lipinski definition) is 6. The summed E-state index contributed by atoms with van der Waals surface area (Å²) in [5, 5.41) is 13.6. The molecule has 0 aliphatic carbocycles. The first-order valence-electron chi connectivity index (χ1n) is 7.47. The molecule has 1 aromatic carbocycles. The van der Waals surface area contributed by atoms with Crippen LogP contribution in [0, 0.1) is 17.0 Å². The predicted molar refractivity (Wildman–Crippen MR) is 94.8 cm³/mol. The Morgan fingerprint density at radius 2 is 2.08 bits per heavy atom. The van der Waals surface area contributed by atoms with E-state index in [-0.39, 0.29) is 5.76 Å². The van der Waals surface area contributed by atoms with Gasteiger partial charge in [0.05, 0.1) is 6.07 Å². The van der Waals surface area contributed by atoms with Gasteiger partial charge in [0.1, 0.15) is 10.7 Å². The van der Waals surface area contributed by atoms with E-state index in [0.717, 1.165) is 12.1 Å². The molecule has 1 atom stereocenters. The molecule has 0 radical (unpaired) electrons. The van der Waals surface area contributed by atoms with Crippen molar-refractivity contribution in [2.24, 2.45) is 0 Å². The molecule has 0 saturated heterocycles. The topological polar surface area (TPSA) is 112 Å². The van der Waals surface area contributed by atoms with Crippen LogP contribution in [0.1, 0.15) is 18.2 Å². The maximum Gasteiger partial charge on any atom is 0.433 e. The molecule has 9 heteroatoms. The molecule has 136 valence electrons. The number of carbonyl (C=O) groups excluding carboxylic acids is 2. The van der Waals surface area contributed by atoms with E-state index in [1.54, 1.807) is 25.1 Å². The van der Waals surface area contributed by atoms with Gasteiger partial charge in [-0.3, -0.25) is 14.9 Å². The second-order valence-corrected chi connectivity index (χ2v) is 5.65. The van der Waals surface area contributed by atoms with Gasteiger partial charge >= 0.3 is 11.9 Å². The molecule has 2 rings (SSSR count). The second-order valence-electron chi connectivity index (χ2n) is 5.25. The average Bonchev–Trinajstić information content (AvgIpc) is 3.06. The summed E-state index contributed by atoms with van der Waals surface area (Å²) >= 11 is 5.99. The Kier molecular flexibility index (Phi) is 6.13. The standard InChI is InChI=1S/C17H15ClN2O6/c1-10-13(18)4-3-5-14(10)19-17(22)11(2)25-16(21)9-7-12-6-8-15(26-12)20(23)24/h3-9,11H,1-2H3,(H,19,22)/b9-7+/t11-/m1/s1. The number of amides is 1. The van der Waals surface area contributed by atoms with Gasteiger partial charge in [-0.2, -0.15) is 0 Å². The molecule has 1 heterocycles. The quantitative estimate of drug-likeness (QED) is 0.354. The highest BCUT2D eigenvalue weighted by molar-refractivity contribution is 6.31. The minimum atomic E-state index is -1.06. The lowest BCUT2D eigenvalue weighted by Crippen LogP contribution is -2.29. The monoisotopic (exact) mass is 378 g/mol. The number of nitrogens with zero attached hydrogens (tertiary/aromatic N) is 1. The van der Waals surface area contributed by atoms with Crippen LogP contribution in [0.25, 0.3) is 6.08 Å². The van der Waals surface area contributed by atoms with E-state index in [0.29, 0.717) is 16.3 Å². The van der Waals surface area contributed by atoms with Crippen LogP contribution in [0.3, 0.4) is 0 Å². The average molecular weight is 379 g/mol. The lowest BCUT2D eigenvalue weighted by Gasteiger charge is -2.14. The first-order valence-corrected chi connectivity index (χ1v) is 7.84. The molecule has 0 aliphatic heterocycles. The first-order chi connectivity index (χ1) is 12.3. The molecule has 2 aromatic rings. The van der Waals surface area contributed by atoms with Crippen molar-refractivity contribution in [3.05, 3.63) is 62.9 Å². The van der Waals surface area contributed by atoms with Crippen LogP contribution in [0.4, 0.5) is 11.6 Å². The molecular formula is C17H15ClN2O6. The molecular weight excluding hydrogens is 364 g/mol. The molecule has 26 heavy (non-hydrogen) atoms. The Hall–Kier alpha value is -3.13. The number of anilines is 1. The van der Waals surface area contributed by atoms with Gasteiger partial charge < -0.3 is 14.5 Å². The predicted octanol–water partition coefficient (Wildman–Crippen LogP) is 3.73. The largest absolute Gasteiger partial charge is 0.449 e. The van der Waals surface area contributed by atoms with Crippen LogP contribution >= 0.6 is 11.6 Å². The normalized spacial score (nSPS) is 12.0. The third-order valence-corrected chi connectivity index (χ3v) is 3.77. The third kappa shape index (κ3) is 4.93. The van der Waals surface area contributed by atoms with Crippen LogP contribution in [0.15, 0.2) is 40.8 Å². The number of ether oxygens (including phenoxy) is 1. The van der Waals surface area contributed by atoms with Crippen LogP contribution in [0.2, 0.25) is 5.02 Å². The summed E-state index contributed by atoms with van der Waals surface area (Å²) in [6.07, 6.45) is 1.16. The van der Waals surface area contributed by atoms with Crippen LogP contribution in [-0.2, 0) is 14.3 Å². The minimum absolute atomic E-state index is 0.111. The van der Waals surface area contributed by atoms with Crippen molar-refractivity contribution in [3.8, 4) is 0 Å². The van der Waals surface area contributed by atoms with Crippen LogP contribution in [0.5, 0.6) is 0 Å². The number of benzene rings is 1. The molecule has 0 spiro atoms. The van der Waals surface area contributed by atoms with Crippen molar-refractivity contribution < 1.29 is 23.7 Å². The number of esters is 1. The van der Waals surface area contributed by atoms with Crippen LogP contribution in [-0.4, -0.2) is 22.9 Å². The fraction of sp³-hybridized carbons (Fsp3) is 0.176. The van der Waals surface area contributed by atoms with Crippen molar-refractivity contribution in [1.82, 2.24) is 0 Å². The maximum atomic E-state index is 12.1. The Morgan fingerprint density at radius 1 is 1.35 bits per heavy atom. The van der Waals surface area contributed by atoms with Crippen molar-refractivity contribution in [1.29, 1.82) is 0 Å². The van der Waals surface area contributed by atoms with Gasteiger partial charge in [-0.1, -0.05) is 17.7 Å². The summed E-state index contributed by atoms with van der Waals surface area (Å²) in [6, 6.07) is 7.55. The summed E-state index contributed by atoms with van der Waals surface area (Å²) in [5.41, 5.74) is 1.21. The number of nitro groups is 1. The lowest BCUT2D eigenvalue weighted by atomic mass is 10.2. The molecule has 0 fully saturated rings. The van der Waals surface area contributed by atoms with E-state index in [1.165, 1.54) is 19.1 Å². The zero-order valence-corrected chi connectivity index (χ0v) is 14.6. The SMILES string of the molecule is Cc1c(Cl)cccc1NC(=O)[C@@H](C)OC(=O)/C=C/c1ccc([N+](=O)[O-])o1. The number of hydrogen-bond donors (Lipinski definition) is 1. The highest BCUT2D eigenvalue weighted by Crippen LogP contribution is 2.23. The number of nitrogens with one attached hydrogen (secondary N) is 1. The van der Waals surface area contributed by atoms with Crippen molar-refractivity contribution in [3.63, 3.8) is 0 Å². The van der Waals surface area contributed by atoms with Crippen molar-refractivity contribution in [2.45, 2.75) is 20.0 Å². The molecule has 8 nitrogen and oxygen atoms in total. The molecule has 1 amide bonds. The smallest absolute Gasteiger partial charge is 0.433 e. The van der Waals surface area contributed by atoms with Gasteiger partial charge in [0.25, 0.3) is 5.91 Å². The first kappa shape index (κ1) is 19.2. The van der Waals surface area contributed by atoms with Gasteiger partial charge in [-0.05, 0) is 43.7 Å². The number of furan rings is 1.